The van der Waals surface area contributed by atoms with Crippen LogP contribution in [0.3, 0.4) is 0 Å². The second-order valence-electron chi connectivity index (χ2n) is 6.84. The van der Waals surface area contributed by atoms with Crippen LogP contribution in [0.2, 0.25) is 5.02 Å². The van der Waals surface area contributed by atoms with E-state index in [-0.39, 0.29) is 11.2 Å². The SMILES string of the molecule is CC1(C)CC=CC2=C1CC(=O)c1c2ccc2cc(Cl)ccc12. The number of halogens is 1. The first-order valence-electron chi connectivity index (χ1n) is 7.63. The van der Waals surface area contributed by atoms with Gasteiger partial charge in [-0.05, 0) is 51.5 Å². The van der Waals surface area contributed by atoms with Crippen molar-refractivity contribution >= 4 is 33.7 Å². The van der Waals surface area contributed by atoms with Crippen molar-refractivity contribution in [2.24, 2.45) is 5.41 Å². The molecule has 22 heavy (non-hydrogen) atoms. The number of Topliss-reactive ketones (excluding diaryl/α,β-unsaturated/α-hetero) is 1. The average Bonchev–Trinajstić information content (AvgIpc) is 2.47. The average molecular weight is 309 g/mol. The summed E-state index contributed by atoms with van der Waals surface area (Å²) in [5.74, 6) is 0.227. The largest absolute Gasteiger partial charge is 0.294 e. The van der Waals surface area contributed by atoms with Crippen molar-refractivity contribution in [3.63, 3.8) is 0 Å². The Bertz CT molecular complexity index is 884. The smallest absolute Gasteiger partial charge is 0.168 e. The molecule has 2 aromatic carbocycles. The van der Waals surface area contributed by atoms with Crippen LogP contribution in [-0.4, -0.2) is 5.78 Å². The maximum Gasteiger partial charge on any atom is 0.168 e. The first-order chi connectivity index (χ1) is 10.5. The molecule has 0 unspecified atom stereocenters. The van der Waals surface area contributed by atoms with E-state index >= 15 is 0 Å². The van der Waals surface area contributed by atoms with Gasteiger partial charge in [0.15, 0.2) is 5.78 Å². The lowest BCUT2D eigenvalue weighted by atomic mass is 9.68. The van der Waals surface area contributed by atoms with Crippen LogP contribution < -0.4 is 0 Å². The van der Waals surface area contributed by atoms with Crippen LogP contribution in [0.4, 0.5) is 0 Å². The Kier molecular flexibility index (Phi) is 2.86. The van der Waals surface area contributed by atoms with Crippen LogP contribution in [0.25, 0.3) is 16.3 Å². The van der Waals surface area contributed by atoms with Gasteiger partial charge in [0.1, 0.15) is 0 Å². The van der Waals surface area contributed by atoms with Crippen LogP contribution in [0.1, 0.15) is 42.6 Å². The Balaban J connectivity index is 2.06. The van der Waals surface area contributed by atoms with Crippen LogP contribution in [0.15, 0.2) is 48.1 Å². The highest BCUT2D eigenvalue weighted by atomic mass is 35.5. The molecule has 0 amide bonds. The molecule has 110 valence electrons. The first-order valence-corrected chi connectivity index (χ1v) is 8.01. The van der Waals surface area contributed by atoms with Crippen LogP contribution in [0.5, 0.6) is 0 Å². The number of hydrogen-bond donors (Lipinski definition) is 0. The first kappa shape index (κ1) is 13.8. The Morgan fingerprint density at radius 1 is 1.14 bits per heavy atom. The van der Waals surface area contributed by atoms with Gasteiger partial charge in [0.2, 0.25) is 0 Å². The van der Waals surface area contributed by atoms with Crippen molar-refractivity contribution in [1.29, 1.82) is 0 Å². The lowest BCUT2D eigenvalue weighted by molar-refractivity contribution is 0.0985. The number of hydrogen-bond acceptors (Lipinski definition) is 1. The molecule has 0 N–H and O–H groups in total. The van der Waals surface area contributed by atoms with Gasteiger partial charge in [-0.3, -0.25) is 4.79 Å². The molecule has 2 heteroatoms. The molecular formula is C20H17ClO. The fourth-order valence-corrected chi connectivity index (χ4v) is 3.90. The van der Waals surface area contributed by atoms with Gasteiger partial charge in [-0.15, -0.1) is 0 Å². The maximum atomic E-state index is 12.8. The predicted octanol–water partition coefficient (Wildman–Crippen LogP) is 5.82. The Labute approximate surface area is 135 Å². The number of ketones is 1. The van der Waals surface area contributed by atoms with Crippen molar-refractivity contribution in [2.75, 3.05) is 0 Å². The molecule has 0 aliphatic heterocycles. The summed E-state index contributed by atoms with van der Waals surface area (Å²) in [5.41, 5.74) is 4.51. The maximum absolute atomic E-state index is 12.8. The summed E-state index contributed by atoms with van der Waals surface area (Å²) in [6, 6.07) is 9.90. The third kappa shape index (κ3) is 1.89. The summed E-state index contributed by atoms with van der Waals surface area (Å²) in [7, 11) is 0. The van der Waals surface area contributed by atoms with Gasteiger partial charge in [-0.25, -0.2) is 0 Å². The monoisotopic (exact) mass is 308 g/mol. The van der Waals surface area contributed by atoms with Gasteiger partial charge < -0.3 is 0 Å². The van der Waals surface area contributed by atoms with E-state index in [0.717, 1.165) is 28.3 Å². The van der Waals surface area contributed by atoms with E-state index in [0.29, 0.717) is 11.4 Å². The number of carbonyl (C=O) groups excluding carboxylic acids is 1. The van der Waals surface area contributed by atoms with E-state index in [1.807, 2.05) is 18.2 Å². The Morgan fingerprint density at radius 2 is 1.95 bits per heavy atom. The zero-order chi connectivity index (χ0) is 15.5. The number of fused-ring (bicyclic) bond motifs is 4. The summed E-state index contributed by atoms with van der Waals surface area (Å²) in [5, 5.41) is 2.74. The molecule has 0 radical (unpaired) electrons. The van der Waals surface area contributed by atoms with Gasteiger partial charge in [-0.2, -0.15) is 0 Å². The fraction of sp³-hybridized carbons (Fsp3) is 0.250. The molecule has 0 aromatic heterocycles. The van der Waals surface area contributed by atoms with Crippen molar-refractivity contribution in [2.45, 2.75) is 26.7 Å². The van der Waals surface area contributed by atoms with E-state index < -0.39 is 0 Å². The minimum absolute atomic E-state index is 0.0619. The molecule has 4 rings (SSSR count). The number of rotatable bonds is 0. The van der Waals surface area contributed by atoms with E-state index in [9.17, 15) is 4.79 Å². The highest BCUT2D eigenvalue weighted by Gasteiger charge is 2.34. The van der Waals surface area contributed by atoms with Crippen LogP contribution >= 0.6 is 11.6 Å². The standard InChI is InChI=1S/C20H17ClO/c1-20(2)9-3-4-15-16-7-5-12-10-13(21)6-8-14(12)19(16)18(22)11-17(15)20/h3-8,10H,9,11H2,1-2H3. The van der Waals surface area contributed by atoms with E-state index in [4.69, 9.17) is 11.6 Å². The van der Waals surface area contributed by atoms with Crippen molar-refractivity contribution in [1.82, 2.24) is 0 Å². The van der Waals surface area contributed by atoms with Crippen molar-refractivity contribution in [3.8, 4) is 0 Å². The highest BCUT2D eigenvalue weighted by molar-refractivity contribution is 6.31. The van der Waals surface area contributed by atoms with Gasteiger partial charge in [0.05, 0.1) is 0 Å². The van der Waals surface area contributed by atoms with Gasteiger partial charge >= 0.3 is 0 Å². The van der Waals surface area contributed by atoms with E-state index in [2.05, 4.69) is 38.1 Å². The second kappa shape index (κ2) is 4.57. The molecule has 0 fully saturated rings. The lowest BCUT2D eigenvalue weighted by Crippen LogP contribution is -2.24. The molecule has 2 aromatic rings. The van der Waals surface area contributed by atoms with E-state index in [1.54, 1.807) is 0 Å². The molecule has 0 saturated heterocycles. The molecular weight excluding hydrogens is 292 g/mol. The molecule has 0 heterocycles. The molecule has 2 aliphatic carbocycles. The predicted molar refractivity (Wildman–Crippen MR) is 92.4 cm³/mol. The van der Waals surface area contributed by atoms with Gasteiger partial charge in [0, 0.05) is 17.0 Å². The molecule has 0 atom stereocenters. The van der Waals surface area contributed by atoms with Crippen LogP contribution in [0, 0.1) is 5.41 Å². The zero-order valence-corrected chi connectivity index (χ0v) is 13.5. The summed E-state index contributed by atoms with van der Waals surface area (Å²) in [6.07, 6.45) is 5.94. The topological polar surface area (TPSA) is 17.1 Å². The quantitative estimate of drug-likeness (QED) is 0.599. The normalized spacial score (nSPS) is 19.3. The molecule has 2 aliphatic rings. The molecule has 0 bridgehead atoms. The lowest BCUT2D eigenvalue weighted by Gasteiger charge is -2.35. The zero-order valence-electron chi connectivity index (χ0n) is 12.7. The van der Waals surface area contributed by atoms with E-state index in [1.165, 1.54) is 11.1 Å². The van der Waals surface area contributed by atoms with Gasteiger partial charge in [0.25, 0.3) is 0 Å². The molecule has 0 saturated carbocycles. The van der Waals surface area contributed by atoms with Crippen molar-refractivity contribution in [3.05, 3.63) is 64.2 Å². The number of allylic oxidation sites excluding steroid dienone is 4. The Hall–Kier alpha value is -1.86. The molecule has 0 spiro atoms. The minimum atomic E-state index is 0.0619. The Morgan fingerprint density at radius 3 is 2.77 bits per heavy atom. The third-order valence-corrected chi connectivity index (χ3v) is 5.18. The summed E-state index contributed by atoms with van der Waals surface area (Å²) >= 11 is 6.08. The van der Waals surface area contributed by atoms with Crippen molar-refractivity contribution < 1.29 is 4.79 Å². The molecule has 1 nitrogen and oxygen atoms in total. The summed E-state index contributed by atoms with van der Waals surface area (Å²) in [6.45, 7) is 4.45. The summed E-state index contributed by atoms with van der Waals surface area (Å²) in [4.78, 5) is 12.8. The fourth-order valence-electron chi connectivity index (χ4n) is 3.72. The van der Waals surface area contributed by atoms with Gasteiger partial charge in [-0.1, -0.05) is 55.8 Å². The highest BCUT2D eigenvalue weighted by Crippen LogP contribution is 2.47. The van der Waals surface area contributed by atoms with Crippen LogP contribution in [-0.2, 0) is 0 Å². The number of carbonyl (C=O) groups is 1. The minimum Gasteiger partial charge on any atom is -0.294 e. The summed E-state index contributed by atoms with van der Waals surface area (Å²) < 4.78 is 0. The second-order valence-corrected chi connectivity index (χ2v) is 7.27. The number of benzene rings is 2. The third-order valence-electron chi connectivity index (χ3n) is 4.94.